The van der Waals surface area contributed by atoms with Crippen LogP contribution in [0.5, 0.6) is 0 Å². The Morgan fingerprint density at radius 3 is 2.52 bits per heavy atom. The smallest absolute Gasteiger partial charge is 0.287 e. The first-order chi connectivity index (χ1) is 11.2. The standard InChI is InChI=1S/C17H20N4O2/c22-21(23)16-7-8-17(19-12-16)18-11-14-5-1-2-6-15(14)13-20-9-3-4-10-20/h1-2,5-8,12H,3-4,9-11,13H2,(H,18,19). The van der Waals surface area contributed by atoms with Crippen LogP contribution >= 0.6 is 0 Å². The molecule has 0 radical (unpaired) electrons. The zero-order valence-electron chi connectivity index (χ0n) is 12.9. The summed E-state index contributed by atoms with van der Waals surface area (Å²) in [6, 6.07) is 11.5. The second kappa shape index (κ2) is 7.19. The number of nitrogens with one attached hydrogen (secondary N) is 1. The van der Waals surface area contributed by atoms with Gasteiger partial charge in [-0.3, -0.25) is 15.0 Å². The van der Waals surface area contributed by atoms with Crippen LogP contribution in [-0.2, 0) is 13.1 Å². The van der Waals surface area contributed by atoms with E-state index in [9.17, 15) is 10.1 Å². The van der Waals surface area contributed by atoms with Crippen LogP contribution in [0.1, 0.15) is 24.0 Å². The molecule has 1 N–H and O–H groups in total. The van der Waals surface area contributed by atoms with Crippen LogP contribution in [-0.4, -0.2) is 27.9 Å². The maximum atomic E-state index is 10.6. The maximum Gasteiger partial charge on any atom is 0.287 e. The Labute approximate surface area is 135 Å². The van der Waals surface area contributed by atoms with E-state index in [-0.39, 0.29) is 5.69 Å². The fourth-order valence-corrected chi connectivity index (χ4v) is 2.85. The molecule has 0 saturated carbocycles. The molecule has 0 atom stereocenters. The molecular weight excluding hydrogens is 292 g/mol. The molecule has 6 heteroatoms. The van der Waals surface area contributed by atoms with E-state index < -0.39 is 4.92 Å². The summed E-state index contributed by atoms with van der Waals surface area (Å²) < 4.78 is 0. The first kappa shape index (κ1) is 15.4. The Hall–Kier alpha value is -2.47. The van der Waals surface area contributed by atoms with Gasteiger partial charge in [0.05, 0.1) is 4.92 Å². The summed E-state index contributed by atoms with van der Waals surface area (Å²) >= 11 is 0. The first-order valence-corrected chi connectivity index (χ1v) is 7.86. The third-order valence-corrected chi connectivity index (χ3v) is 4.13. The lowest BCUT2D eigenvalue weighted by Crippen LogP contribution is -2.19. The van der Waals surface area contributed by atoms with Crippen molar-refractivity contribution < 1.29 is 4.92 Å². The molecule has 1 aliphatic rings. The van der Waals surface area contributed by atoms with Crippen molar-refractivity contribution in [3.05, 3.63) is 63.8 Å². The van der Waals surface area contributed by atoms with Gasteiger partial charge in [-0.1, -0.05) is 24.3 Å². The number of aromatic nitrogens is 1. The van der Waals surface area contributed by atoms with Gasteiger partial charge in [0.1, 0.15) is 12.0 Å². The van der Waals surface area contributed by atoms with Crippen LogP contribution in [0.2, 0.25) is 0 Å². The van der Waals surface area contributed by atoms with Crippen LogP contribution in [0, 0.1) is 10.1 Å². The van der Waals surface area contributed by atoms with Gasteiger partial charge in [0.25, 0.3) is 5.69 Å². The fourth-order valence-electron chi connectivity index (χ4n) is 2.85. The topological polar surface area (TPSA) is 71.3 Å². The monoisotopic (exact) mass is 312 g/mol. The molecule has 2 heterocycles. The molecule has 0 spiro atoms. The third kappa shape index (κ3) is 4.04. The number of anilines is 1. The van der Waals surface area contributed by atoms with Gasteiger partial charge in [-0.25, -0.2) is 4.98 Å². The van der Waals surface area contributed by atoms with Gasteiger partial charge < -0.3 is 5.32 Å². The van der Waals surface area contributed by atoms with Crippen LogP contribution in [0.15, 0.2) is 42.6 Å². The van der Waals surface area contributed by atoms with Crippen LogP contribution < -0.4 is 5.32 Å². The summed E-state index contributed by atoms with van der Waals surface area (Å²) in [6.07, 6.45) is 3.85. The van der Waals surface area contributed by atoms with E-state index in [4.69, 9.17) is 0 Å². The van der Waals surface area contributed by atoms with E-state index in [0.29, 0.717) is 12.4 Å². The zero-order valence-corrected chi connectivity index (χ0v) is 12.9. The molecule has 0 bridgehead atoms. The van der Waals surface area contributed by atoms with Gasteiger partial charge in [0, 0.05) is 19.2 Å². The highest BCUT2D eigenvalue weighted by atomic mass is 16.6. The number of rotatable bonds is 6. The van der Waals surface area contributed by atoms with Crippen molar-refractivity contribution in [2.75, 3.05) is 18.4 Å². The molecule has 120 valence electrons. The lowest BCUT2D eigenvalue weighted by atomic mass is 10.1. The average Bonchev–Trinajstić information content (AvgIpc) is 3.07. The average molecular weight is 312 g/mol. The van der Waals surface area contributed by atoms with Crippen molar-refractivity contribution in [1.82, 2.24) is 9.88 Å². The fraction of sp³-hybridized carbons (Fsp3) is 0.353. The molecule has 0 aliphatic carbocycles. The number of hydrogen-bond donors (Lipinski definition) is 1. The van der Waals surface area contributed by atoms with Gasteiger partial charge in [-0.05, 0) is 43.1 Å². The van der Waals surface area contributed by atoms with Gasteiger partial charge in [0.15, 0.2) is 0 Å². The predicted molar refractivity (Wildman–Crippen MR) is 89.2 cm³/mol. The molecule has 0 amide bonds. The molecule has 0 unspecified atom stereocenters. The Morgan fingerprint density at radius 2 is 1.87 bits per heavy atom. The molecule has 1 aliphatic heterocycles. The predicted octanol–water partition coefficient (Wildman–Crippen LogP) is 3.20. The molecule has 1 fully saturated rings. The van der Waals surface area contributed by atoms with Crippen molar-refractivity contribution in [1.29, 1.82) is 0 Å². The molecular formula is C17H20N4O2. The van der Waals surface area contributed by atoms with Crippen LogP contribution in [0.3, 0.4) is 0 Å². The highest BCUT2D eigenvalue weighted by Gasteiger charge is 2.13. The van der Waals surface area contributed by atoms with E-state index in [1.54, 1.807) is 6.07 Å². The summed E-state index contributed by atoms with van der Waals surface area (Å²) in [7, 11) is 0. The summed E-state index contributed by atoms with van der Waals surface area (Å²) in [5.74, 6) is 0.645. The number of nitro groups is 1. The normalized spacial score (nSPS) is 14.8. The Morgan fingerprint density at radius 1 is 1.13 bits per heavy atom. The van der Waals surface area contributed by atoms with Crippen molar-refractivity contribution in [2.24, 2.45) is 0 Å². The summed E-state index contributed by atoms with van der Waals surface area (Å²) in [5, 5.41) is 13.9. The minimum atomic E-state index is -0.442. The highest BCUT2D eigenvalue weighted by Crippen LogP contribution is 2.18. The van der Waals surface area contributed by atoms with Gasteiger partial charge in [-0.15, -0.1) is 0 Å². The minimum absolute atomic E-state index is 0.00461. The number of hydrogen-bond acceptors (Lipinski definition) is 5. The largest absolute Gasteiger partial charge is 0.366 e. The lowest BCUT2D eigenvalue weighted by molar-refractivity contribution is -0.385. The van der Waals surface area contributed by atoms with Gasteiger partial charge >= 0.3 is 0 Å². The summed E-state index contributed by atoms with van der Waals surface area (Å²) in [4.78, 5) is 16.8. The zero-order chi connectivity index (χ0) is 16.1. The summed E-state index contributed by atoms with van der Waals surface area (Å²) in [5.41, 5.74) is 2.56. The first-order valence-electron chi connectivity index (χ1n) is 7.86. The Bertz CT molecular complexity index is 667. The highest BCUT2D eigenvalue weighted by molar-refractivity contribution is 5.41. The molecule has 2 aromatic rings. The quantitative estimate of drug-likeness (QED) is 0.655. The Kier molecular flexibility index (Phi) is 4.83. The number of likely N-dealkylation sites (tertiary alicyclic amines) is 1. The van der Waals surface area contributed by atoms with Crippen molar-refractivity contribution >= 4 is 11.5 Å². The van der Waals surface area contributed by atoms with Crippen LogP contribution in [0.25, 0.3) is 0 Å². The third-order valence-electron chi connectivity index (χ3n) is 4.13. The molecule has 6 nitrogen and oxygen atoms in total. The molecule has 3 rings (SSSR count). The lowest BCUT2D eigenvalue weighted by Gasteiger charge is -2.17. The van der Waals surface area contributed by atoms with E-state index >= 15 is 0 Å². The molecule has 23 heavy (non-hydrogen) atoms. The van der Waals surface area contributed by atoms with E-state index in [1.165, 1.54) is 49.3 Å². The number of nitrogens with zero attached hydrogens (tertiary/aromatic N) is 3. The number of benzene rings is 1. The minimum Gasteiger partial charge on any atom is -0.366 e. The van der Waals surface area contributed by atoms with E-state index in [1.807, 2.05) is 6.07 Å². The van der Waals surface area contributed by atoms with E-state index in [0.717, 1.165) is 6.54 Å². The van der Waals surface area contributed by atoms with Gasteiger partial charge in [-0.2, -0.15) is 0 Å². The van der Waals surface area contributed by atoms with Crippen molar-refractivity contribution in [2.45, 2.75) is 25.9 Å². The molecule has 1 aromatic carbocycles. The van der Waals surface area contributed by atoms with Crippen molar-refractivity contribution in [3.8, 4) is 0 Å². The second-order valence-electron chi connectivity index (χ2n) is 5.76. The number of pyridine rings is 1. The summed E-state index contributed by atoms with van der Waals surface area (Å²) in [6.45, 7) is 3.98. The Balaban J connectivity index is 1.64. The SMILES string of the molecule is O=[N+]([O-])c1ccc(NCc2ccccc2CN2CCCC2)nc1. The molecule has 1 aromatic heterocycles. The molecule has 1 saturated heterocycles. The van der Waals surface area contributed by atoms with Crippen molar-refractivity contribution in [3.63, 3.8) is 0 Å². The second-order valence-corrected chi connectivity index (χ2v) is 5.76. The van der Waals surface area contributed by atoms with Gasteiger partial charge in [0.2, 0.25) is 0 Å². The maximum absolute atomic E-state index is 10.6. The van der Waals surface area contributed by atoms with Crippen LogP contribution in [0.4, 0.5) is 11.5 Å². The van der Waals surface area contributed by atoms with E-state index in [2.05, 4.69) is 33.4 Å².